The summed E-state index contributed by atoms with van der Waals surface area (Å²) >= 11 is 0. The van der Waals surface area contributed by atoms with Crippen LogP contribution in [0.4, 0.5) is 4.39 Å². The highest BCUT2D eigenvalue weighted by molar-refractivity contribution is 5.85. The molecule has 1 heterocycles. The number of rotatable bonds is 2. The first-order valence-corrected chi connectivity index (χ1v) is 4.97. The smallest absolute Gasteiger partial charge is 0.127 e. The molecule has 1 atom stereocenters. The summed E-state index contributed by atoms with van der Waals surface area (Å²) in [5.74, 6) is 0.253. The van der Waals surface area contributed by atoms with Crippen molar-refractivity contribution in [2.75, 3.05) is 26.8 Å². The molecule has 2 rings (SSSR count). The third kappa shape index (κ3) is 2.84. The standard InChI is InChI=1S/C11H14FNO2.ClH/c1-14-10-6-8(12)2-3-9(10)11-7-13-4-5-15-11;/h2-3,6,11,13H,4-5,7H2,1H3;1H/t11-;/m1./s1. The van der Waals surface area contributed by atoms with Crippen LogP contribution in [0.3, 0.4) is 0 Å². The van der Waals surface area contributed by atoms with Crippen LogP contribution < -0.4 is 10.1 Å². The minimum Gasteiger partial charge on any atom is -0.496 e. The molecule has 1 aromatic rings. The lowest BCUT2D eigenvalue weighted by molar-refractivity contribution is 0.0262. The number of hydrogen-bond donors (Lipinski definition) is 1. The number of morpholine rings is 1. The van der Waals surface area contributed by atoms with Gasteiger partial charge in [0.05, 0.1) is 19.8 Å². The van der Waals surface area contributed by atoms with Gasteiger partial charge in [0, 0.05) is 24.7 Å². The first kappa shape index (κ1) is 13.2. The molecule has 1 saturated heterocycles. The van der Waals surface area contributed by atoms with Gasteiger partial charge in [-0.15, -0.1) is 12.4 Å². The summed E-state index contributed by atoms with van der Waals surface area (Å²) in [5.41, 5.74) is 0.895. The van der Waals surface area contributed by atoms with Crippen LogP contribution in [0.5, 0.6) is 5.75 Å². The van der Waals surface area contributed by atoms with Crippen LogP contribution in [-0.4, -0.2) is 26.8 Å². The summed E-state index contributed by atoms with van der Waals surface area (Å²) < 4.78 is 23.7. The molecule has 0 aliphatic carbocycles. The van der Waals surface area contributed by atoms with Crippen molar-refractivity contribution in [3.8, 4) is 5.75 Å². The van der Waals surface area contributed by atoms with Crippen molar-refractivity contribution in [1.82, 2.24) is 5.32 Å². The molecule has 1 aliphatic rings. The Balaban J connectivity index is 0.00000128. The maximum Gasteiger partial charge on any atom is 0.127 e. The molecular formula is C11H15ClFNO2. The van der Waals surface area contributed by atoms with Crippen LogP contribution in [0, 0.1) is 5.82 Å². The quantitative estimate of drug-likeness (QED) is 0.866. The molecule has 90 valence electrons. The fourth-order valence-corrected chi connectivity index (χ4v) is 1.72. The third-order valence-corrected chi connectivity index (χ3v) is 2.47. The predicted octanol–water partition coefficient (Wildman–Crippen LogP) is 1.92. The molecule has 16 heavy (non-hydrogen) atoms. The lowest BCUT2D eigenvalue weighted by atomic mass is 10.1. The van der Waals surface area contributed by atoms with Crippen molar-refractivity contribution in [1.29, 1.82) is 0 Å². The van der Waals surface area contributed by atoms with Crippen molar-refractivity contribution in [2.45, 2.75) is 6.10 Å². The normalized spacial score (nSPS) is 20.0. The number of nitrogens with one attached hydrogen (secondary N) is 1. The molecule has 0 amide bonds. The Morgan fingerprint density at radius 2 is 2.31 bits per heavy atom. The topological polar surface area (TPSA) is 30.5 Å². The van der Waals surface area contributed by atoms with Gasteiger partial charge in [-0.2, -0.15) is 0 Å². The SMILES string of the molecule is COc1cc(F)ccc1[C@H]1CNCCO1.Cl. The van der Waals surface area contributed by atoms with E-state index < -0.39 is 0 Å². The van der Waals surface area contributed by atoms with Gasteiger partial charge in [0.2, 0.25) is 0 Å². The van der Waals surface area contributed by atoms with E-state index >= 15 is 0 Å². The Kier molecular flexibility index (Phi) is 4.99. The van der Waals surface area contributed by atoms with Crippen molar-refractivity contribution in [3.05, 3.63) is 29.6 Å². The number of methoxy groups -OCH3 is 1. The molecule has 1 fully saturated rings. The molecule has 0 radical (unpaired) electrons. The molecule has 0 aromatic heterocycles. The average molecular weight is 248 g/mol. The number of ether oxygens (including phenoxy) is 2. The van der Waals surface area contributed by atoms with E-state index in [9.17, 15) is 4.39 Å². The Bertz CT molecular complexity index is 343. The minimum absolute atomic E-state index is 0. The second kappa shape index (κ2) is 6.03. The molecule has 0 saturated carbocycles. The van der Waals surface area contributed by atoms with E-state index in [0.29, 0.717) is 12.4 Å². The van der Waals surface area contributed by atoms with Gasteiger partial charge in [-0.3, -0.25) is 0 Å². The highest BCUT2D eigenvalue weighted by Crippen LogP contribution is 2.28. The van der Waals surface area contributed by atoms with Crippen LogP contribution >= 0.6 is 12.4 Å². The van der Waals surface area contributed by atoms with E-state index in [4.69, 9.17) is 9.47 Å². The molecular weight excluding hydrogens is 233 g/mol. The van der Waals surface area contributed by atoms with Crippen LogP contribution in [-0.2, 0) is 4.74 Å². The summed E-state index contributed by atoms with van der Waals surface area (Å²) in [7, 11) is 1.54. The van der Waals surface area contributed by atoms with Gasteiger partial charge in [-0.25, -0.2) is 4.39 Å². The molecule has 0 spiro atoms. The Labute approximate surface area is 100 Å². The molecule has 1 aliphatic heterocycles. The monoisotopic (exact) mass is 247 g/mol. The summed E-state index contributed by atoms with van der Waals surface area (Å²) in [6, 6.07) is 4.52. The maximum atomic E-state index is 13.0. The van der Waals surface area contributed by atoms with Gasteiger partial charge >= 0.3 is 0 Å². The fourth-order valence-electron chi connectivity index (χ4n) is 1.72. The second-order valence-electron chi connectivity index (χ2n) is 3.45. The summed E-state index contributed by atoms with van der Waals surface area (Å²) in [6.45, 7) is 2.27. The minimum atomic E-state index is -0.292. The zero-order valence-corrected chi connectivity index (χ0v) is 9.85. The summed E-state index contributed by atoms with van der Waals surface area (Å²) in [5, 5.41) is 3.22. The second-order valence-corrected chi connectivity index (χ2v) is 3.45. The van der Waals surface area contributed by atoms with Gasteiger partial charge in [-0.1, -0.05) is 0 Å². The zero-order chi connectivity index (χ0) is 10.7. The maximum absolute atomic E-state index is 13.0. The van der Waals surface area contributed by atoms with E-state index in [1.807, 2.05) is 0 Å². The number of hydrogen-bond acceptors (Lipinski definition) is 3. The number of halogens is 2. The van der Waals surface area contributed by atoms with Gasteiger partial charge < -0.3 is 14.8 Å². The van der Waals surface area contributed by atoms with Crippen LogP contribution in [0.2, 0.25) is 0 Å². The van der Waals surface area contributed by atoms with Gasteiger partial charge in [0.1, 0.15) is 11.6 Å². The van der Waals surface area contributed by atoms with Crippen LogP contribution in [0.25, 0.3) is 0 Å². The van der Waals surface area contributed by atoms with Crippen LogP contribution in [0.15, 0.2) is 18.2 Å². The predicted molar refractivity (Wildman–Crippen MR) is 61.8 cm³/mol. The molecule has 0 unspecified atom stereocenters. The lowest BCUT2D eigenvalue weighted by Gasteiger charge is -2.25. The highest BCUT2D eigenvalue weighted by Gasteiger charge is 2.19. The van der Waals surface area contributed by atoms with E-state index in [1.54, 1.807) is 6.07 Å². The molecule has 0 bridgehead atoms. The van der Waals surface area contributed by atoms with E-state index in [0.717, 1.165) is 18.7 Å². The first-order chi connectivity index (χ1) is 7.31. The number of benzene rings is 1. The zero-order valence-electron chi connectivity index (χ0n) is 9.03. The Hall–Kier alpha value is -0.840. The average Bonchev–Trinajstić information content (AvgIpc) is 2.30. The third-order valence-electron chi connectivity index (χ3n) is 2.47. The Morgan fingerprint density at radius 1 is 1.50 bits per heavy atom. The van der Waals surface area contributed by atoms with Gasteiger partial charge in [0.25, 0.3) is 0 Å². The van der Waals surface area contributed by atoms with E-state index in [1.165, 1.54) is 19.2 Å². The van der Waals surface area contributed by atoms with Crippen molar-refractivity contribution < 1.29 is 13.9 Å². The summed E-state index contributed by atoms with van der Waals surface area (Å²) in [4.78, 5) is 0. The lowest BCUT2D eigenvalue weighted by Crippen LogP contribution is -2.33. The van der Waals surface area contributed by atoms with Gasteiger partial charge in [-0.05, 0) is 12.1 Å². The van der Waals surface area contributed by atoms with E-state index in [-0.39, 0.29) is 24.3 Å². The Morgan fingerprint density at radius 3 is 2.94 bits per heavy atom. The van der Waals surface area contributed by atoms with Crippen molar-refractivity contribution in [2.24, 2.45) is 0 Å². The fraction of sp³-hybridized carbons (Fsp3) is 0.455. The molecule has 1 aromatic carbocycles. The molecule has 5 heteroatoms. The highest BCUT2D eigenvalue weighted by atomic mass is 35.5. The summed E-state index contributed by atoms with van der Waals surface area (Å²) in [6.07, 6.45) is -0.0469. The van der Waals surface area contributed by atoms with Crippen molar-refractivity contribution in [3.63, 3.8) is 0 Å². The first-order valence-electron chi connectivity index (χ1n) is 4.97. The van der Waals surface area contributed by atoms with Crippen LogP contribution in [0.1, 0.15) is 11.7 Å². The largest absolute Gasteiger partial charge is 0.496 e. The van der Waals surface area contributed by atoms with E-state index in [2.05, 4.69) is 5.32 Å². The molecule has 1 N–H and O–H groups in total. The van der Waals surface area contributed by atoms with Crippen molar-refractivity contribution >= 4 is 12.4 Å². The molecule has 3 nitrogen and oxygen atoms in total. The van der Waals surface area contributed by atoms with Gasteiger partial charge in [0.15, 0.2) is 0 Å².